The molecule has 0 spiro atoms. The van der Waals surface area contributed by atoms with E-state index in [1.54, 1.807) is 6.07 Å². The van der Waals surface area contributed by atoms with E-state index in [2.05, 4.69) is 26.8 Å². The van der Waals surface area contributed by atoms with Crippen LogP contribution in [0.1, 0.15) is 61.0 Å². The zero-order chi connectivity index (χ0) is 11.9. The van der Waals surface area contributed by atoms with E-state index in [1.165, 1.54) is 5.56 Å². The molecule has 0 amide bonds. The fraction of sp³-hybridized carbons (Fsp3) is 0.500. The molecular weight excluding hydrogens is 200 g/mol. The normalized spacial score (nSPS) is 16.2. The smallest absolute Gasteiger partial charge is 0.335 e. The van der Waals surface area contributed by atoms with E-state index >= 15 is 0 Å². The minimum atomic E-state index is -0.803. The largest absolute Gasteiger partial charge is 0.478 e. The molecule has 0 radical (unpaired) electrons. The summed E-state index contributed by atoms with van der Waals surface area (Å²) in [5.41, 5.74) is 2.82. The highest BCUT2D eigenvalue weighted by molar-refractivity contribution is 5.90. The van der Waals surface area contributed by atoms with Crippen molar-refractivity contribution in [2.75, 3.05) is 0 Å². The fourth-order valence-corrected chi connectivity index (χ4v) is 1.96. The minimum absolute atomic E-state index is 0.0840. The van der Waals surface area contributed by atoms with Crippen molar-refractivity contribution in [3.8, 4) is 0 Å². The summed E-state index contributed by atoms with van der Waals surface area (Å²) in [6, 6.07) is 5.78. The SMILES string of the molecule is CC(C)(C)c1ccc(C(=O)O)c(C2CC2)c1. The minimum Gasteiger partial charge on any atom is -0.478 e. The van der Waals surface area contributed by atoms with Crippen LogP contribution in [0.2, 0.25) is 0 Å². The molecule has 0 aliphatic heterocycles. The summed E-state index contributed by atoms with van der Waals surface area (Å²) < 4.78 is 0. The summed E-state index contributed by atoms with van der Waals surface area (Å²) in [5, 5.41) is 9.14. The van der Waals surface area contributed by atoms with Crippen LogP contribution in [0.15, 0.2) is 18.2 Å². The van der Waals surface area contributed by atoms with E-state index in [0.717, 1.165) is 18.4 Å². The Morgan fingerprint density at radius 1 is 1.31 bits per heavy atom. The first-order chi connectivity index (χ1) is 7.39. The number of hydrogen-bond acceptors (Lipinski definition) is 1. The molecule has 0 unspecified atom stereocenters. The van der Waals surface area contributed by atoms with Gasteiger partial charge < -0.3 is 5.11 Å². The predicted octanol–water partition coefficient (Wildman–Crippen LogP) is 3.56. The summed E-state index contributed by atoms with van der Waals surface area (Å²) in [6.07, 6.45) is 2.27. The van der Waals surface area contributed by atoms with Crippen molar-refractivity contribution in [3.05, 3.63) is 34.9 Å². The van der Waals surface area contributed by atoms with Crippen LogP contribution in [0.5, 0.6) is 0 Å². The topological polar surface area (TPSA) is 37.3 Å². The maximum atomic E-state index is 11.1. The van der Waals surface area contributed by atoms with Gasteiger partial charge in [-0.2, -0.15) is 0 Å². The third kappa shape index (κ3) is 2.11. The Morgan fingerprint density at radius 3 is 2.38 bits per heavy atom. The Balaban J connectivity index is 2.48. The lowest BCUT2D eigenvalue weighted by Gasteiger charge is -2.20. The van der Waals surface area contributed by atoms with Gasteiger partial charge in [0.15, 0.2) is 0 Å². The highest BCUT2D eigenvalue weighted by Gasteiger charge is 2.29. The van der Waals surface area contributed by atoms with Crippen LogP contribution in [0.25, 0.3) is 0 Å². The molecule has 1 fully saturated rings. The van der Waals surface area contributed by atoms with E-state index in [1.807, 2.05) is 6.07 Å². The summed E-state index contributed by atoms with van der Waals surface area (Å²) in [7, 11) is 0. The van der Waals surface area contributed by atoms with Crippen LogP contribution in [0.3, 0.4) is 0 Å². The molecule has 2 rings (SSSR count). The van der Waals surface area contributed by atoms with E-state index in [0.29, 0.717) is 11.5 Å². The molecule has 1 N–H and O–H groups in total. The van der Waals surface area contributed by atoms with Crippen LogP contribution >= 0.6 is 0 Å². The van der Waals surface area contributed by atoms with Crippen LogP contribution in [-0.2, 0) is 5.41 Å². The Bertz CT molecular complexity index is 423. The number of carboxylic acid groups (broad SMARTS) is 1. The monoisotopic (exact) mass is 218 g/mol. The lowest BCUT2D eigenvalue weighted by atomic mass is 9.84. The van der Waals surface area contributed by atoms with E-state index < -0.39 is 5.97 Å². The van der Waals surface area contributed by atoms with Crippen LogP contribution in [0.4, 0.5) is 0 Å². The van der Waals surface area contributed by atoms with Gasteiger partial charge in [-0.15, -0.1) is 0 Å². The van der Waals surface area contributed by atoms with Gasteiger partial charge in [-0.25, -0.2) is 4.79 Å². The number of rotatable bonds is 2. The summed E-state index contributed by atoms with van der Waals surface area (Å²) in [4.78, 5) is 11.1. The predicted molar refractivity (Wildman–Crippen MR) is 64.1 cm³/mol. The van der Waals surface area contributed by atoms with Gasteiger partial charge in [-0.1, -0.05) is 32.9 Å². The zero-order valence-electron chi connectivity index (χ0n) is 10.1. The van der Waals surface area contributed by atoms with Gasteiger partial charge in [0, 0.05) is 0 Å². The summed E-state index contributed by atoms with van der Waals surface area (Å²) in [6.45, 7) is 6.46. The van der Waals surface area contributed by atoms with Crippen molar-refractivity contribution in [1.29, 1.82) is 0 Å². The summed E-state index contributed by atoms with van der Waals surface area (Å²) in [5.74, 6) is -0.323. The van der Waals surface area contributed by atoms with Gasteiger partial charge in [0.25, 0.3) is 0 Å². The first kappa shape index (κ1) is 11.2. The second kappa shape index (κ2) is 3.62. The lowest BCUT2D eigenvalue weighted by Crippen LogP contribution is -2.13. The van der Waals surface area contributed by atoms with Crippen molar-refractivity contribution in [2.24, 2.45) is 0 Å². The van der Waals surface area contributed by atoms with E-state index in [-0.39, 0.29) is 5.41 Å². The maximum absolute atomic E-state index is 11.1. The second-order valence-electron chi connectivity index (χ2n) is 5.63. The Hall–Kier alpha value is -1.31. The highest BCUT2D eigenvalue weighted by atomic mass is 16.4. The van der Waals surface area contributed by atoms with Crippen LogP contribution in [0, 0.1) is 0 Å². The maximum Gasteiger partial charge on any atom is 0.335 e. The molecule has 1 aromatic carbocycles. The van der Waals surface area contributed by atoms with Crippen LogP contribution in [-0.4, -0.2) is 11.1 Å². The number of carboxylic acids is 1. The number of aromatic carboxylic acids is 1. The highest BCUT2D eigenvalue weighted by Crippen LogP contribution is 2.43. The van der Waals surface area contributed by atoms with Crippen molar-refractivity contribution in [2.45, 2.75) is 44.9 Å². The molecule has 1 aliphatic carbocycles. The standard InChI is InChI=1S/C14H18O2/c1-14(2,3)10-6-7-11(13(15)16)12(8-10)9-4-5-9/h6-9H,4-5H2,1-3H3,(H,15,16). The molecule has 0 atom stereocenters. The first-order valence-corrected chi connectivity index (χ1v) is 5.77. The quantitative estimate of drug-likeness (QED) is 0.824. The third-order valence-electron chi connectivity index (χ3n) is 3.17. The van der Waals surface area contributed by atoms with Gasteiger partial charge in [-0.05, 0) is 41.4 Å². The van der Waals surface area contributed by atoms with E-state index in [9.17, 15) is 4.79 Å². The van der Waals surface area contributed by atoms with Gasteiger partial charge in [0.05, 0.1) is 5.56 Å². The Labute approximate surface area is 96.3 Å². The average Bonchev–Trinajstić information content (AvgIpc) is 2.98. The second-order valence-corrected chi connectivity index (χ2v) is 5.63. The molecule has 1 aromatic rings. The van der Waals surface area contributed by atoms with Crippen molar-refractivity contribution in [1.82, 2.24) is 0 Å². The molecule has 0 saturated heterocycles. The van der Waals surface area contributed by atoms with Crippen molar-refractivity contribution >= 4 is 5.97 Å². The number of carbonyl (C=O) groups is 1. The Morgan fingerprint density at radius 2 is 1.94 bits per heavy atom. The van der Waals surface area contributed by atoms with Gasteiger partial charge in [0.2, 0.25) is 0 Å². The van der Waals surface area contributed by atoms with E-state index in [4.69, 9.17) is 5.11 Å². The van der Waals surface area contributed by atoms with Crippen molar-refractivity contribution < 1.29 is 9.90 Å². The average molecular weight is 218 g/mol. The zero-order valence-corrected chi connectivity index (χ0v) is 10.1. The molecule has 0 heterocycles. The Kier molecular flexibility index (Phi) is 2.53. The molecule has 0 aromatic heterocycles. The molecule has 2 heteroatoms. The molecule has 1 saturated carbocycles. The number of benzene rings is 1. The molecule has 16 heavy (non-hydrogen) atoms. The lowest BCUT2D eigenvalue weighted by molar-refractivity contribution is 0.0695. The number of hydrogen-bond donors (Lipinski definition) is 1. The summed E-state index contributed by atoms with van der Waals surface area (Å²) >= 11 is 0. The van der Waals surface area contributed by atoms with Crippen molar-refractivity contribution in [3.63, 3.8) is 0 Å². The first-order valence-electron chi connectivity index (χ1n) is 5.77. The fourth-order valence-electron chi connectivity index (χ4n) is 1.96. The van der Waals surface area contributed by atoms with Gasteiger partial charge in [0.1, 0.15) is 0 Å². The van der Waals surface area contributed by atoms with Gasteiger partial charge in [-0.3, -0.25) is 0 Å². The molecule has 86 valence electrons. The molecule has 0 bridgehead atoms. The molecular formula is C14H18O2. The van der Waals surface area contributed by atoms with Crippen LogP contribution < -0.4 is 0 Å². The molecule has 2 nitrogen and oxygen atoms in total. The molecule has 1 aliphatic rings. The third-order valence-corrected chi connectivity index (χ3v) is 3.17. The van der Waals surface area contributed by atoms with Gasteiger partial charge >= 0.3 is 5.97 Å².